The first kappa shape index (κ1) is 16.4. The molecule has 3 N–H and O–H groups in total. The Bertz CT molecular complexity index is 446. The van der Waals surface area contributed by atoms with E-state index in [-0.39, 0.29) is 5.82 Å². The average Bonchev–Trinajstić information content (AvgIpc) is 2.32. The molecule has 1 atom stereocenters. The number of rotatable bonds is 5. The molecule has 0 aliphatic heterocycles. The fourth-order valence-electron chi connectivity index (χ4n) is 1.57. The van der Waals surface area contributed by atoms with Crippen molar-refractivity contribution in [3.63, 3.8) is 0 Å². The molecule has 0 fully saturated rings. The summed E-state index contributed by atoms with van der Waals surface area (Å²) in [6, 6.07) is 5.96. The van der Waals surface area contributed by atoms with E-state index >= 15 is 0 Å². The van der Waals surface area contributed by atoms with Gasteiger partial charge in [-0.3, -0.25) is 4.84 Å². The van der Waals surface area contributed by atoms with Gasteiger partial charge in [-0.2, -0.15) is 5.48 Å². The SMILES string of the molecule is CC(C)(C)OC(=O)NOC(CCN)c1cccc(F)c1. The van der Waals surface area contributed by atoms with Crippen LogP contribution >= 0.6 is 0 Å². The summed E-state index contributed by atoms with van der Waals surface area (Å²) in [5, 5.41) is 0. The highest BCUT2D eigenvalue weighted by atomic mass is 19.1. The zero-order valence-corrected chi connectivity index (χ0v) is 12.0. The van der Waals surface area contributed by atoms with Crippen LogP contribution in [0.4, 0.5) is 9.18 Å². The molecular weight excluding hydrogens is 263 g/mol. The molecule has 0 aliphatic carbocycles. The topological polar surface area (TPSA) is 73.6 Å². The maximum atomic E-state index is 13.2. The largest absolute Gasteiger partial charge is 0.442 e. The van der Waals surface area contributed by atoms with Crippen LogP contribution in [-0.2, 0) is 9.57 Å². The van der Waals surface area contributed by atoms with Gasteiger partial charge in [0.05, 0.1) is 0 Å². The third-order valence-corrected chi connectivity index (χ3v) is 2.33. The molecular formula is C14H21FN2O3. The van der Waals surface area contributed by atoms with Crippen molar-refractivity contribution >= 4 is 6.09 Å². The monoisotopic (exact) mass is 284 g/mol. The Morgan fingerprint density at radius 1 is 1.45 bits per heavy atom. The molecule has 5 nitrogen and oxygen atoms in total. The Morgan fingerprint density at radius 3 is 2.70 bits per heavy atom. The Morgan fingerprint density at radius 2 is 2.15 bits per heavy atom. The zero-order chi connectivity index (χ0) is 15.2. The number of ether oxygens (including phenoxy) is 1. The summed E-state index contributed by atoms with van der Waals surface area (Å²) in [5.74, 6) is -0.370. The third kappa shape index (κ3) is 5.99. The molecule has 1 aromatic carbocycles. The highest BCUT2D eigenvalue weighted by Gasteiger charge is 2.19. The molecule has 0 saturated heterocycles. The van der Waals surface area contributed by atoms with E-state index < -0.39 is 17.8 Å². The van der Waals surface area contributed by atoms with Crippen molar-refractivity contribution < 1.29 is 18.8 Å². The van der Waals surface area contributed by atoms with Crippen LogP contribution in [0.15, 0.2) is 24.3 Å². The summed E-state index contributed by atoms with van der Waals surface area (Å²) >= 11 is 0. The lowest BCUT2D eigenvalue weighted by molar-refractivity contribution is -0.0455. The molecule has 0 radical (unpaired) electrons. The molecule has 0 aromatic heterocycles. The van der Waals surface area contributed by atoms with Crippen molar-refractivity contribution in [1.82, 2.24) is 5.48 Å². The number of nitrogens with two attached hydrogens (primary N) is 1. The van der Waals surface area contributed by atoms with Crippen LogP contribution in [0, 0.1) is 5.82 Å². The second-order valence-electron chi connectivity index (χ2n) is 5.34. The summed E-state index contributed by atoms with van der Waals surface area (Å²) in [6.45, 7) is 5.58. The number of carbonyl (C=O) groups is 1. The number of halogens is 1. The van der Waals surface area contributed by atoms with E-state index in [0.717, 1.165) is 0 Å². The number of benzene rings is 1. The normalized spacial score (nSPS) is 12.8. The molecule has 1 amide bonds. The minimum absolute atomic E-state index is 0.344. The molecule has 0 aliphatic rings. The van der Waals surface area contributed by atoms with Crippen molar-refractivity contribution in [3.05, 3.63) is 35.6 Å². The number of amides is 1. The van der Waals surface area contributed by atoms with E-state index in [1.165, 1.54) is 12.1 Å². The lowest BCUT2D eigenvalue weighted by Crippen LogP contribution is -2.33. The molecule has 0 heterocycles. The first-order chi connectivity index (χ1) is 9.31. The lowest BCUT2D eigenvalue weighted by Gasteiger charge is -2.22. The highest BCUT2D eigenvalue weighted by Crippen LogP contribution is 2.20. The van der Waals surface area contributed by atoms with Gasteiger partial charge < -0.3 is 10.5 Å². The van der Waals surface area contributed by atoms with Gasteiger partial charge in [0, 0.05) is 0 Å². The molecule has 0 saturated carbocycles. The quantitative estimate of drug-likeness (QED) is 0.815. The molecule has 1 aromatic rings. The van der Waals surface area contributed by atoms with Crippen molar-refractivity contribution in [3.8, 4) is 0 Å². The molecule has 1 unspecified atom stereocenters. The molecule has 0 spiro atoms. The van der Waals surface area contributed by atoms with Gasteiger partial charge in [-0.15, -0.1) is 0 Å². The van der Waals surface area contributed by atoms with Crippen LogP contribution in [0.3, 0.4) is 0 Å². The van der Waals surface area contributed by atoms with Gasteiger partial charge in [-0.25, -0.2) is 9.18 Å². The Hall–Kier alpha value is -1.66. The van der Waals surface area contributed by atoms with Gasteiger partial charge in [0.1, 0.15) is 17.5 Å². The van der Waals surface area contributed by atoms with Gasteiger partial charge in [0.25, 0.3) is 0 Å². The maximum Gasteiger partial charge on any atom is 0.431 e. The highest BCUT2D eigenvalue weighted by molar-refractivity contribution is 5.66. The van der Waals surface area contributed by atoms with Crippen molar-refractivity contribution in [2.45, 2.75) is 38.9 Å². The van der Waals surface area contributed by atoms with Crippen molar-refractivity contribution in [1.29, 1.82) is 0 Å². The molecule has 0 bridgehead atoms. The van der Waals surface area contributed by atoms with Crippen LogP contribution in [-0.4, -0.2) is 18.2 Å². The fraction of sp³-hybridized carbons (Fsp3) is 0.500. The van der Waals surface area contributed by atoms with Crippen LogP contribution in [0.5, 0.6) is 0 Å². The average molecular weight is 284 g/mol. The Balaban J connectivity index is 2.62. The maximum absolute atomic E-state index is 13.2. The predicted molar refractivity (Wildman–Crippen MR) is 73.3 cm³/mol. The summed E-state index contributed by atoms with van der Waals surface area (Å²) in [5.41, 5.74) is 7.69. The number of nitrogens with one attached hydrogen (secondary N) is 1. The predicted octanol–water partition coefficient (Wildman–Crippen LogP) is 2.67. The van der Waals surface area contributed by atoms with E-state index in [2.05, 4.69) is 5.48 Å². The molecule has 6 heteroatoms. The van der Waals surface area contributed by atoms with E-state index in [0.29, 0.717) is 18.5 Å². The van der Waals surface area contributed by atoms with Gasteiger partial charge >= 0.3 is 6.09 Å². The summed E-state index contributed by atoms with van der Waals surface area (Å²) in [6.07, 6.45) is -0.779. The third-order valence-electron chi connectivity index (χ3n) is 2.33. The summed E-state index contributed by atoms with van der Waals surface area (Å²) < 4.78 is 18.2. The van der Waals surface area contributed by atoms with Gasteiger partial charge in [0.2, 0.25) is 0 Å². The van der Waals surface area contributed by atoms with Crippen LogP contribution in [0.25, 0.3) is 0 Å². The molecule has 20 heavy (non-hydrogen) atoms. The van der Waals surface area contributed by atoms with Crippen molar-refractivity contribution in [2.24, 2.45) is 5.73 Å². The molecule has 1 rings (SSSR count). The second kappa shape index (κ2) is 7.21. The minimum Gasteiger partial charge on any atom is -0.442 e. The zero-order valence-electron chi connectivity index (χ0n) is 12.0. The number of hydrogen-bond donors (Lipinski definition) is 2. The number of hydroxylamine groups is 1. The van der Waals surface area contributed by atoms with Crippen LogP contribution < -0.4 is 11.2 Å². The van der Waals surface area contributed by atoms with Gasteiger partial charge in [-0.1, -0.05) is 12.1 Å². The number of carbonyl (C=O) groups excluding carboxylic acids is 1. The van der Waals surface area contributed by atoms with Gasteiger partial charge in [-0.05, 0) is 51.4 Å². The van der Waals surface area contributed by atoms with E-state index in [1.807, 2.05) is 0 Å². The number of hydrogen-bond acceptors (Lipinski definition) is 4. The standard InChI is InChI=1S/C14H21FN2O3/c1-14(2,3)19-13(18)17-20-12(7-8-16)10-5-4-6-11(15)9-10/h4-6,9,12H,7-8,16H2,1-3H3,(H,17,18). The summed E-state index contributed by atoms with van der Waals surface area (Å²) in [4.78, 5) is 16.8. The lowest BCUT2D eigenvalue weighted by atomic mass is 10.1. The first-order valence-corrected chi connectivity index (χ1v) is 6.42. The van der Waals surface area contributed by atoms with E-state index in [1.54, 1.807) is 32.9 Å². The van der Waals surface area contributed by atoms with E-state index in [9.17, 15) is 9.18 Å². The van der Waals surface area contributed by atoms with Gasteiger partial charge in [0.15, 0.2) is 0 Å². The van der Waals surface area contributed by atoms with Crippen LogP contribution in [0.1, 0.15) is 38.9 Å². The Kier molecular flexibility index (Phi) is 5.91. The first-order valence-electron chi connectivity index (χ1n) is 6.42. The summed E-state index contributed by atoms with van der Waals surface area (Å²) in [7, 11) is 0. The van der Waals surface area contributed by atoms with E-state index in [4.69, 9.17) is 15.3 Å². The fourth-order valence-corrected chi connectivity index (χ4v) is 1.57. The molecule has 112 valence electrons. The smallest absolute Gasteiger partial charge is 0.431 e. The minimum atomic E-state index is -0.698. The van der Waals surface area contributed by atoms with Crippen molar-refractivity contribution in [2.75, 3.05) is 6.54 Å². The van der Waals surface area contributed by atoms with Crippen LogP contribution in [0.2, 0.25) is 0 Å². The second-order valence-corrected chi connectivity index (χ2v) is 5.34. The Labute approximate surface area is 118 Å².